The van der Waals surface area contributed by atoms with Gasteiger partial charge in [0.2, 0.25) is 10.0 Å². The van der Waals surface area contributed by atoms with E-state index in [2.05, 4.69) is 4.74 Å². The summed E-state index contributed by atoms with van der Waals surface area (Å²) in [6.45, 7) is 1.33. The van der Waals surface area contributed by atoms with Crippen LogP contribution in [0.15, 0.2) is 0 Å². The maximum absolute atomic E-state index is 10.9. The fraction of sp³-hybridized carbons (Fsp3) is 0.667. The van der Waals surface area contributed by atoms with Gasteiger partial charge in [-0.25, -0.2) is 13.1 Å². The summed E-state index contributed by atoms with van der Waals surface area (Å²) >= 11 is 0. The van der Waals surface area contributed by atoms with Gasteiger partial charge in [-0.2, -0.15) is 5.26 Å². The molecular formula is C6H10N2O4S. The fourth-order valence-corrected chi connectivity index (χ4v) is 1.51. The molecular weight excluding hydrogens is 196 g/mol. The van der Waals surface area contributed by atoms with E-state index in [0.717, 1.165) is 7.11 Å². The predicted octanol–water partition coefficient (Wildman–Crippen LogP) is -1.01. The second-order valence-corrected chi connectivity index (χ2v) is 4.03. The van der Waals surface area contributed by atoms with Crippen molar-refractivity contribution in [3.05, 3.63) is 0 Å². The quantitative estimate of drug-likeness (QED) is 0.594. The molecule has 0 heterocycles. The Morgan fingerprint density at radius 3 is 2.62 bits per heavy atom. The zero-order valence-corrected chi connectivity index (χ0v) is 8.09. The van der Waals surface area contributed by atoms with Crippen molar-refractivity contribution in [2.24, 2.45) is 0 Å². The van der Waals surface area contributed by atoms with Crippen molar-refractivity contribution < 1.29 is 17.9 Å². The van der Waals surface area contributed by atoms with Crippen LogP contribution in [-0.4, -0.2) is 33.3 Å². The smallest absolute Gasteiger partial charge is 0.323 e. The molecule has 0 radical (unpaired) electrons. The molecule has 6 nitrogen and oxygen atoms in total. The first-order chi connectivity index (χ1) is 5.93. The van der Waals surface area contributed by atoms with Gasteiger partial charge in [0, 0.05) is 0 Å². The number of carbonyl (C=O) groups is 1. The van der Waals surface area contributed by atoms with E-state index in [9.17, 15) is 13.2 Å². The van der Waals surface area contributed by atoms with E-state index in [1.165, 1.54) is 13.0 Å². The van der Waals surface area contributed by atoms with Crippen LogP contribution >= 0.6 is 0 Å². The first-order valence-corrected chi connectivity index (χ1v) is 5.03. The minimum Gasteiger partial charge on any atom is -0.468 e. The first-order valence-electron chi connectivity index (χ1n) is 3.37. The summed E-state index contributed by atoms with van der Waals surface area (Å²) < 4.78 is 28.1. The van der Waals surface area contributed by atoms with Crippen LogP contribution in [0.5, 0.6) is 0 Å². The molecule has 7 heteroatoms. The third-order valence-corrected chi connectivity index (χ3v) is 2.39. The summed E-state index contributed by atoms with van der Waals surface area (Å²) in [5.41, 5.74) is 0. The summed E-state index contributed by atoms with van der Waals surface area (Å²) in [5.74, 6) is -1.37. The first kappa shape index (κ1) is 11.9. The highest BCUT2D eigenvalue weighted by Crippen LogP contribution is 1.91. The average Bonchev–Trinajstić information content (AvgIpc) is 2.01. The summed E-state index contributed by atoms with van der Waals surface area (Å²) in [7, 11) is -2.55. The van der Waals surface area contributed by atoms with Crippen molar-refractivity contribution in [1.29, 1.82) is 5.26 Å². The molecule has 0 aromatic heterocycles. The highest BCUT2D eigenvalue weighted by atomic mass is 32.2. The Morgan fingerprint density at radius 1 is 1.69 bits per heavy atom. The zero-order valence-electron chi connectivity index (χ0n) is 7.27. The second kappa shape index (κ2) is 4.79. The number of hydrogen-bond donors (Lipinski definition) is 1. The Hall–Kier alpha value is -1.13. The van der Waals surface area contributed by atoms with Crippen LogP contribution in [0.1, 0.15) is 6.92 Å². The maximum atomic E-state index is 10.9. The number of sulfonamides is 1. The molecule has 0 aliphatic carbocycles. The lowest BCUT2D eigenvalue weighted by Crippen LogP contribution is -2.40. The minimum atomic E-state index is -3.70. The molecule has 0 aliphatic rings. The van der Waals surface area contributed by atoms with E-state index in [-0.39, 0.29) is 0 Å². The van der Waals surface area contributed by atoms with E-state index >= 15 is 0 Å². The topological polar surface area (TPSA) is 96.3 Å². The number of nitrogens with one attached hydrogen (secondary N) is 1. The number of nitriles is 1. The van der Waals surface area contributed by atoms with E-state index in [0.29, 0.717) is 0 Å². The molecule has 0 aromatic rings. The summed E-state index contributed by atoms with van der Waals surface area (Å²) in [5, 5.41) is 8.13. The molecule has 0 amide bonds. The van der Waals surface area contributed by atoms with Crippen molar-refractivity contribution in [3.63, 3.8) is 0 Å². The van der Waals surface area contributed by atoms with Gasteiger partial charge in [-0.05, 0) is 6.92 Å². The van der Waals surface area contributed by atoms with Crippen LogP contribution in [0.2, 0.25) is 0 Å². The van der Waals surface area contributed by atoms with Crippen LogP contribution in [0.25, 0.3) is 0 Å². The lowest BCUT2D eigenvalue weighted by molar-refractivity contribution is -0.142. The highest BCUT2D eigenvalue weighted by Gasteiger charge is 2.19. The molecule has 0 saturated heterocycles. The number of ether oxygens (including phenoxy) is 1. The van der Waals surface area contributed by atoms with Crippen LogP contribution in [0.4, 0.5) is 0 Å². The molecule has 0 spiro atoms. The molecule has 1 unspecified atom stereocenters. The SMILES string of the molecule is COC(=O)C(C)NS(=O)(=O)CC#N. The van der Waals surface area contributed by atoms with Crippen molar-refractivity contribution in [2.45, 2.75) is 13.0 Å². The van der Waals surface area contributed by atoms with Gasteiger partial charge in [0.25, 0.3) is 0 Å². The number of hydrogen-bond acceptors (Lipinski definition) is 5. The second-order valence-electron chi connectivity index (χ2n) is 2.28. The average molecular weight is 206 g/mol. The maximum Gasteiger partial charge on any atom is 0.323 e. The van der Waals surface area contributed by atoms with E-state index < -0.39 is 27.8 Å². The van der Waals surface area contributed by atoms with Crippen LogP contribution in [-0.2, 0) is 19.6 Å². The fourth-order valence-electron chi connectivity index (χ4n) is 0.621. The van der Waals surface area contributed by atoms with Gasteiger partial charge in [-0.1, -0.05) is 0 Å². The lowest BCUT2D eigenvalue weighted by Gasteiger charge is -2.09. The molecule has 0 bridgehead atoms. The Labute approximate surface area is 76.5 Å². The minimum absolute atomic E-state index is 0.672. The van der Waals surface area contributed by atoms with Crippen molar-refractivity contribution in [1.82, 2.24) is 4.72 Å². The number of methoxy groups -OCH3 is 1. The Balaban J connectivity index is 4.30. The van der Waals surface area contributed by atoms with Crippen molar-refractivity contribution in [2.75, 3.05) is 12.9 Å². The molecule has 74 valence electrons. The van der Waals surface area contributed by atoms with E-state index in [1.54, 1.807) is 0 Å². The van der Waals surface area contributed by atoms with E-state index in [1.807, 2.05) is 4.72 Å². The molecule has 1 N–H and O–H groups in total. The molecule has 0 fully saturated rings. The van der Waals surface area contributed by atoms with E-state index in [4.69, 9.17) is 5.26 Å². The largest absolute Gasteiger partial charge is 0.468 e. The number of rotatable bonds is 4. The van der Waals surface area contributed by atoms with Gasteiger partial charge in [-0.15, -0.1) is 0 Å². The van der Waals surface area contributed by atoms with Gasteiger partial charge < -0.3 is 4.74 Å². The van der Waals surface area contributed by atoms with Gasteiger partial charge in [-0.3, -0.25) is 4.79 Å². The summed E-state index contributed by atoms with van der Waals surface area (Å²) in [6.07, 6.45) is 0. The summed E-state index contributed by atoms with van der Waals surface area (Å²) in [6, 6.07) is 0.499. The number of carbonyl (C=O) groups excluding carboxylic acids is 1. The van der Waals surface area contributed by atoms with Gasteiger partial charge in [0.05, 0.1) is 13.2 Å². The highest BCUT2D eigenvalue weighted by molar-refractivity contribution is 7.89. The van der Waals surface area contributed by atoms with Crippen LogP contribution in [0.3, 0.4) is 0 Å². The van der Waals surface area contributed by atoms with Crippen LogP contribution in [0, 0.1) is 11.3 Å². The van der Waals surface area contributed by atoms with Crippen molar-refractivity contribution in [3.8, 4) is 6.07 Å². The molecule has 0 aliphatic heterocycles. The van der Waals surface area contributed by atoms with Crippen molar-refractivity contribution >= 4 is 16.0 Å². The number of esters is 1. The molecule has 0 saturated carbocycles. The van der Waals surface area contributed by atoms with Gasteiger partial charge >= 0.3 is 5.97 Å². The molecule has 0 rings (SSSR count). The third-order valence-electron chi connectivity index (χ3n) is 1.17. The monoisotopic (exact) mass is 206 g/mol. The van der Waals surface area contributed by atoms with Gasteiger partial charge in [0.1, 0.15) is 6.04 Å². The Bertz CT molecular complexity index is 316. The lowest BCUT2D eigenvalue weighted by atomic mass is 10.4. The standard InChI is InChI=1S/C6H10N2O4S/c1-5(6(9)12-2)8-13(10,11)4-3-7/h5,8H,4H2,1-2H3. The molecule has 0 aromatic carbocycles. The summed E-state index contributed by atoms with van der Waals surface area (Å²) in [4.78, 5) is 10.8. The zero-order chi connectivity index (χ0) is 10.5. The third kappa shape index (κ3) is 4.45. The molecule has 1 atom stereocenters. The predicted molar refractivity (Wildman–Crippen MR) is 44.0 cm³/mol. The number of nitrogens with zero attached hydrogens (tertiary/aromatic N) is 1. The Morgan fingerprint density at radius 2 is 2.23 bits per heavy atom. The molecule has 13 heavy (non-hydrogen) atoms. The van der Waals surface area contributed by atoms with Crippen LogP contribution < -0.4 is 4.72 Å². The van der Waals surface area contributed by atoms with Gasteiger partial charge in [0.15, 0.2) is 5.75 Å². The Kier molecular flexibility index (Phi) is 4.37. The normalized spacial score (nSPS) is 13.0.